The molecule has 0 aromatic heterocycles. The summed E-state index contributed by atoms with van der Waals surface area (Å²) in [5.74, 6) is 0.897. The smallest absolute Gasteiger partial charge is 0.242 e. The van der Waals surface area contributed by atoms with Crippen molar-refractivity contribution in [3.63, 3.8) is 0 Å². The monoisotopic (exact) mass is 210 g/mol. The van der Waals surface area contributed by atoms with Gasteiger partial charge in [-0.15, -0.1) is 0 Å². The van der Waals surface area contributed by atoms with E-state index in [0.29, 0.717) is 0 Å². The van der Waals surface area contributed by atoms with Gasteiger partial charge in [-0.25, -0.2) is 0 Å². The molecule has 1 unspecified atom stereocenters. The molecule has 0 radical (unpaired) electrons. The highest BCUT2D eigenvalue weighted by Gasteiger charge is 2.15. The van der Waals surface area contributed by atoms with Crippen LogP contribution in [0.1, 0.15) is 18.6 Å². The number of rotatable bonds is 3. The predicted molar refractivity (Wildman–Crippen MR) is 61.0 cm³/mol. The lowest BCUT2D eigenvalue weighted by Crippen LogP contribution is -2.29. The molecule has 0 amide bonds. The van der Waals surface area contributed by atoms with Crippen LogP contribution in [0.25, 0.3) is 0 Å². The molecular weight excluding hydrogens is 192 g/mol. The Morgan fingerprint density at radius 2 is 1.64 bits per heavy atom. The highest BCUT2D eigenvalue weighted by atomic mass is 28.4. The van der Waals surface area contributed by atoms with Gasteiger partial charge in [0.15, 0.2) is 0 Å². The van der Waals surface area contributed by atoms with Gasteiger partial charge in [-0.2, -0.15) is 0 Å². The first-order chi connectivity index (χ1) is 6.38. The van der Waals surface area contributed by atoms with Gasteiger partial charge in [-0.3, -0.25) is 0 Å². The molecule has 1 aromatic carbocycles. The first-order valence-electron chi connectivity index (χ1n) is 4.85. The predicted octanol–water partition coefficient (Wildman–Crippen LogP) is 2.95. The molecule has 0 saturated carbocycles. The lowest BCUT2D eigenvalue weighted by atomic mass is 10.1. The average molecular weight is 210 g/mol. The second-order valence-corrected chi connectivity index (χ2v) is 8.89. The summed E-state index contributed by atoms with van der Waals surface area (Å²) in [5, 5.41) is 9.32. The van der Waals surface area contributed by atoms with Crippen molar-refractivity contribution in [3.8, 4) is 5.75 Å². The van der Waals surface area contributed by atoms with Crippen molar-refractivity contribution in [3.05, 3.63) is 29.8 Å². The van der Waals surface area contributed by atoms with Crippen LogP contribution < -0.4 is 4.43 Å². The number of aliphatic hydroxyl groups is 1. The quantitative estimate of drug-likeness (QED) is 0.777. The summed E-state index contributed by atoms with van der Waals surface area (Å²) in [6, 6.07) is 7.64. The molecule has 0 aliphatic rings. The van der Waals surface area contributed by atoms with Gasteiger partial charge in [0.1, 0.15) is 5.75 Å². The molecule has 1 atom stereocenters. The molecule has 0 aliphatic carbocycles. The molecule has 0 bridgehead atoms. The Morgan fingerprint density at radius 1 is 1.14 bits per heavy atom. The molecule has 2 nitrogen and oxygen atoms in total. The number of hydrogen-bond acceptors (Lipinski definition) is 2. The van der Waals surface area contributed by atoms with E-state index in [1.165, 1.54) is 0 Å². The summed E-state index contributed by atoms with van der Waals surface area (Å²) in [4.78, 5) is 0. The van der Waals surface area contributed by atoms with Crippen LogP contribution in [0.4, 0.5) is 0 Å². The molecule has 3 heteroatoms. The summed E-state index contributed by atoms with van der Waals surface area (Å²) >= 11 is 0. The van der Waals surface area contributed by atoms with Crippen molar-refractivity contribution < 1.29 is 9.53 Å². The molecule has 1 N–H and O–H groups in total. The largest absolute Gasteiger partial charge is 0.544 e. The Bertz CT molecular complexity index is 285. The van der Waals surface area contributed by atoms with Crippen LogP contribution in [0.5, 0.6) is 5.75 Å². The number of hydrogen-bond donors (Lipinski definition) is 1. The molecule has 0 saturated heterocycles. The van der Waals surface area contributed by atoms with Gasteiger partial charge in [0, 0.05) is 0 Å². The van der Waals surface area contributed by atoms with Gasteiger partial charge in [-0.05, 0) is 44.3 Å². The van der Waals surface area contributed by atoms with Crippen LogP contribution in [0.3, 0.4) is 0 Å². The van der Waals surface area contributed by atoms with E-state index in [1.807, 2.05) is 24.3 Å². The standard InChI is InChI=1S/C11H18O2Si/c1-9(12)10-5-7-11(8-6-10)13-14(2,3)4/h5-9,12H,1-4H3. The van der Waals surface area contributed by atoms with E-state index < -0.39 is 14.4 Å². The minimum Gasteiger partial charge on any atom is -0.544 e. The van der Waals surface area contributed by atoms with Crippen molar-refractivity contribution in [1.29, 1.82) is 0 Å². The number of aliphatic hydroxyl groups excluding tert-OH is 1. The van der Waals surface area contributed by atoms with Crippen molar-refractivity contribution >= 4 is 8.32 Å². The maximum atomic E-state index is 9.32. The van der Waals surface area contributed by atoms with E-state index in [4.69, 9.17) is 4.43 Å². The second kappa shape index (κ2) is 4.15. The molecule has 0 aliphatic heterocycles. The molecule has 0 fully saturated rings. The van der Waals surface area contributed by atoms with Crippen LogP contribution in [0.15, 0.2) is 24.3 Å². The molecule has 0 spiro atoms. The summed E-state index contributed by atoms with van der Waals surface area (Å²) in [6.07, 6.45) is -0.407. The van der Waals surface area contributed by atoms with Crippen LogP contribution in [0, 0.1) is 0 Å². The average Bonchev–Trinajstić information content (AvgIpc) is 2.02. The lowest BCUT2D eigenvalue weighted by molar-refractivity contribution is 0.199. The summed E-state index contributed by atoms with van der Waals surface area (Å²) in [6.45, 7) is 8.20. The van der Waals surface area contributed by atoms with Gasteiger partial charge in [0.2, 0.25) is 8.32 Å². The summed E-state index contributed by atoms with van der Waals surface area (Å²) < 4.78 is 5.79. The zero-order chi connectivity index (χ0) is 10.8. The van der Waals surface area contributed by atoms with Crippen LogP contribution in [-0.4, -0.2) is 13.4 Å². The van der Waals surface area contributed by atoms with Crippen molar-refractivity contribution in [2.45, 2.75) is 32.7 Å². The Labute approximate surface area is 86.7 Å². The van der Waals surface area contributed by atoms with E-state index in [-0.39, 0.29) is 0 Å². The molecule has 78 valence electrons. The van der Waals surface area contributed by atoms with E-state index >= 15 is 0 Å². The fraction of sp³-hybridized carbons (Fsp3) is 0.455. The topological polar surface area (TPSA) is 29.5 Å². The van der Waals surface area contributed by atoms with Crippen molar-refractivity contribution in [2.24, 2.45) is 0 Å². The van der Waals surface area contributed by atoms with Gasteiger partial charge in [0.05, 0.1) is 6.10 Å². The number of benzene rings is 1. The minimum atomic E-state index is -1.51. The summed E-state index contributed by atoms with van der Waals surface area (Å²) in [7, 11) is -1.51. The molecule has 14 heavy (non-hydrogen) atoms. The van der Waals surface area contributed by atoms with Crippen LogP contribution in [-0.2, 0) is 0 Å². The first kappa shape index (κ1) is 11.3. The normalized spacial score (nSPS) is 13.8. The van der Waals surface area contributed by atoms with Gasteiger partial charge in [0.25, 0.3) is 0 Å². The maximum Gasteiger partial charge on any atom is 0.242 e. The Hall–Kier alpha value is -0.803. The Kier molecular flexibility index (Phi) is 3.34. The minimum absolute atomic E-state index is 0.407. The zero-order valence-electron chi connectivity index (χ0n) is 9.24. The van der Waals surface area contributed by atoms with E-state index in [0.717, 1.165) is 11.3 Å². The van der Waals surface area contributed by atoms with E-state index in [1.54, 1.807) is 6.92 Å². The third kappa shape index (κ3) is 3.52. The lowest BCUT2D eigenvalue weighted by Gasteiger charge is -2.19. The molecule has 0 heterocycles. The highest BCUT2D eigenvalue weighted by Crippen LogP contribution is 2.19. The fourth-order valence-electron chi connectivity index (χ4n) is 1.17. The highest BCUT2D eigenvalue weighted by molar-refractivity contribution is 6.70. The van der Waals surface area contributed by atoms with E-state index in [2.05, 4.69) is 19.6 Å². The summed E-state index contributed by atoms with van der Waals surface area (Å²) in [5.41, 5.74) is 0.924. The van der Waals surface area contributed by atoms with Crippen molar-refractivity contribution in [1.82, 2.24) is 0 Å². The van der Waals surface area contributed by atoms with Crippen LogP contribution >= 0.6 is 0 Å². The van der Waals surface area contributed by atoms with Gasteiger partial charge in [-0.1, -0.05) is 12.1 Å². The van der Waals surface area contributed by atoms with Gasteiger partial charge < -0.3 is 9.53 Å². The Balaban J connectivity index is 2.74. The Morgan fingerprint density at radius 3 is 2.00 bits per heavy atom. The van der Waals surface area contributed by atoms with E-state index in [9.17, 15) is 5.11 Å². The zero-order valence-corrected chi connectivity index (χ0v) is 10.2. The first-order valence-corrected chi connectivity index (χ1v) is 8.26. The second-order valence-electron chi connectivity index (χ2n) is 4.46. The molecular formula is C11H18O2Si. The fourth-order valence-corrected chi connectivity index (χ4v) is 2.01. The molecule has 1 rings (SSSR count). The van der Waals surface area contributed by atoms with Crippen molar-refractivity contribution in [2.75, 3.05) is 0 Å². The van der Waals surface area contributed by atoms with Crippen LogP contribution in [0.2, 0.25) is 19.6 Å². The molecule has 1 aromatic rings. The third-order valence-electron chi connectivity index (χ3n) is 1.79. The maximum absolute atomic E-state index is 9.32. The SMILES string of the molecule is CC(O)c1ccc(O[Si](C)(C)C)cc1. The third-order valence-corrected chi connectivity index (χ3v) is 2.63. The van der Waals surface area contributed by atoms with Gasteiger partial charge >= 0.3 is 0 Å².